The smallest absolute Gasteiger partial charge is 0.168 e. The largest absolute Gasteiger partial charge is 0.362 e. The van der Waals surface area contributed by atoms with Crippen molar-refractivity contribution in [3.63, 3.8) is 0 Å². The minimum absolute atomic E-state index is 0.357. The SMILES string of the molecule is COC(C#N)c1cccc(F)c1. The van der Waals surface area contributed by atoms with E-state index < -0.39 is 6.10 Å². The number of benzene rings is 1. The van der Waals surface area contributed by atoms with E-state index in [2.05, 4.69) is 0 Å². The van der Waals surface area contributed by atoms with Gasteiger partial charge in [-0.2, -0.15) is 5.26 Å². The van der Waals surface area contributed by atoms with Crippen molar-refractivity contribution in [3.8, 4) is 6.07 Å². The Morgan fingerprint density at radius 2 is 2.33 bits per heavy atom. The topological polar surface area (TPSA) is 33.0 Å². The van der Waals surface area contributed by atoms with Crippen LogP contribution in [0.2, 0.25) is 0 Å². The lowest BCUT2D eigenvalue weighted by Crippen LogP contribution is -1.97. The van der Waals surface area contributed by atoms with Crippen molar-refractivity contribution in [2.24, 2.45) is 0 Å². The van der Waals surface area contributed by atoms with Gasteiger partial charge >= 0.3 is 0 Å². The van der Waals surface area contributed by atoms with Gasteiger partial charge in [0, 0.05) is 7.11 Å². The Labute approximate surface area is 70.2 Å². The zero-order valence-corrected chi connectivity index (χ0v) is 6.62. The van der Waals surface area contributed by atoms with E-state index in [4.69, 9.17) is 10.00 Å². The molecule has 0 fully saturated rings. The maximum atomic E-state index is 12.6. The molecule has 0 saturated heterocycles. The van der Waals surface area contributed by atoms with E-state index in [1.165, 1.54) is 19.2 Å². The highest BCUT2D eigenvalue weighted by molar-refractivity contribution is 5.22. The molecule has 1 aromatic carbocycles. The average Bonchev–Trinajstić information content (AvgIpc) is 2.07. The summed E-state index contributed by atoms with van der Waals surface area (Å²) in [5.74, 6) is -0.357. The molecular weight excluding hydrogens is 157 g/mol. The summed E-state index contributed by atoms with van der Waals surface area (Å²) in [6, 6.07) is 7.73. The Morgan fingerprint density at radius 3 is 2.83 bits per heavy atom. The van der Waals surface area contributed by atoms with Crippen LogP contribution in [-0.4, -0.2) is 7.11 Å². The van der Waals surface area contributed by atoms with Crippen LogP contribution in [0.1, 0.15) is 11.7 Å². The van der Waals surface area contributed by atoms with Crippen molar-refractivity contribution in [1.29, 1.82) is 5.26 Å². The number of methoxy groups -OCH3 is 1. The molecule has 1 unspecified atom stereocenters. The fourth-order valence-electron chi connectivity index (χ4n) is 0.933. The lowest BCUT2D eigenvalue weighted by Gasteiger charge is -2.05. The summed E-state index contributed by atoms with van der Waals surface area (Å²) < 4.78 is 17.4. The van der Waals surface area contributed by atoms with Crippen LogP contribution in [0.4, 0.5) is 4.39 Å². The highest BCUT2D eigenvalue weighted by Gasteiger charge is 2.08. The van der Waals surface area contributed by atoms with Crippen LogP contribution >= 0.6 is 0 Å². The Morgan fingerprint density at radius 1 is 1.58 bits per heavy atom. The van der Waals surface area contributed by atoms with E-state index in [1.54, 1.807) is 12.1 Å². The first-order valence-corrected chi connectivity index (χ1v) is 3.46. The molecule has 1 atom stereocenters. The second kappa shape index (κ2) is 3.84. The summed E-state index contributed by atoms with van der Waals surface area (Å²) in [5, 5.41) is 8.57. The summed E-state index contributed by atoms with van der Waals surface area (Å²) >= 11 is 0. The van der Waals surface area contributed by atoms with Gasteiger partial charge in [-0.15, -0.1) is 0 Å². The minimum Gasteiger partial charge on any atom is -0.362 e. The average molecular weight is 165 g/mol. The van der Waals surface area contributed by atoms with E-state index in [9.17, 15) is 4.39 Å². The maximum Gasteiger partial charge on any atom is 0.168 e. The first-order valence-electron chi connectivity index (χ1n) is 3.46. The number of nitriles is 1. The van der Waals surface area contributed by atoms with Gasteiger partial charge in [-0.3, -0.25) is 0 Å². The van der Waals surface area contributed by atoms with Gasteiger partial charge in [-0.25, -0.2) is 4.39 Å². The molecule has 62 valence electrons. The standard InChI is InChI=1S/C9H8FNO/c1-12-9(6-11)7-3-2-4-8(10)5-7/h2-5,9H,1H3. The van der Waals surface area contributed by atoms with Crippen LogP contribution in [0.3, 0.4) is 0 Å². The number of nitrogens with zero attached hydrogens (tertiary/aromatic N) is 1. The number of hydrogen-bond acceptors (Lipinski definition) is 2. The Hall–Kier alpha value is -1.40. The Kier molecular flexibility index (Phi) is 2.78. The van der Waals surface area contributed by atoms with Gasteiger partial charge in [0.15, 0.2) is 6.10 Å². The highest BCUT2D eigenvalue weighted by Crippen LogP contribution is 2.15. The van der Waals surface area contributed by atoms with Gasteiger partial charge in [0.05, 0.1) is 6.07 Å². The third-order valence-electron chi connectivity index (χ3n) is 1.50. The molecule has 0 heterocycles. The van der Waals surface area contributed by atoms with Crippen LogP contribution in [0.5, 0.6) is 0 Å². The van der Waals surface area contributed by atoms with Crippen molar-refractivity contribution < 1.29 is 9.13 Å². The molecule has 1 rings (SSSR count). The summed E-state index contributed by atoms with van der Waals surface area (Å²) in [7, 11) is 1.42. The minimum atomic E-state index is -0.680. The van der Waals surface area contributed by atoms with Crippen LogP contribution in [0.15, 0.2) is 24.3 Å². The van der Waals surface area contributed by atoms with Crippen LogP contribution in [-0.2, 0) is 4.74 Å². The molecule has 12 heavy (non-hydrogen) atoms. The van der Waals surface area contributed by atoms with Crippen molar-refractivity contribution in [3.05, 3.63) is 35.6 Å². The zero-order chi connectivity index (χ0) is 8.97. The summed E-state index contributed by atoms with van der Waals surface area (Å²) in [6.07, 6.45) is -0.680. The molecular formula is C9H8FNO. The second-order valence-corrected chi connectivity index (χ2v) is 2.30. The van der Waals surface area contributed by atoms with Crippen LogP contribution < -0.4 is 0 Å². The lowest BCUT2D eigenvalue weighted by atomic mass is 10.1. The second-order valence-electron chi connectivity index (χ2n) is 2.30. The molecule has 0 aliphatic carbocycles. The van der Waals surface area contributed by atoms with E-state index in [0.717, 1.165) is 0 Å². The zero-order valence-electron chi connectivity index (χ0n) is 6.62. The monoisotopic (exact) mass is 165 g/mol. The number of hydrogen-bond donors (Lipinski definition) is 0. The first kappa shape index (κ1) is 8.69. The van der Waals surface area contributed by atoms with Gasteiger partial charge < -0.3 is 4.74 Å². The highest BCUT2D eigenvalue weighted by atomic mass is 19.1. The third kappa shape index (κ3) is 1.80. The van der Waals surface area contributed by atoms with Crippen molar-refractivity contribution in [2.75, 3.05) is 7.11 Å². The van der Waals surface area contributed by atoms with E-state index in [1.807, 2.05) is 6.07 Å². The predicted molar refractivity (Wildman–Crippen MR) is 41.8 cm³/mol. The normalized spacial score (nSPS) is 12.1. The summed E-state index contributed by atoms with van der Waals surface area (Å²) in [5.41, 5.74) is 0.542. The number of halogens is 1. The summed E-state index contributed by atoms with van der Waals surface area (Å²) in [6.45, 7) is 0. The van der Waals surface area contributed by atoms with Crippen molar-refractivity contribution in [1.82, 2.24) is 0 Å². The summed E-state index contributed by atoms with van der Waals surface area (Å²) in [4.78, 5) is 0. The molecule has 0 N–H and O–H groups in total. The molecule has 0 amide bonds. The Balaban J connectivity index is 2.95. The molecule has 0 aromatic heterocycles. The molecule has 0 bridgehead atoms. The molecule has 0 spiro atoms. The third-order valence-corrected chi connectivity index (χ3v) is 1.50. The molecule has 0 aliphatic heterocycles. The molecule has 3 heteroatoms. The van der Waals surface area contributed by atoms with Crippen LogP contribution in [0, 0.1) is 17.1 Å². The van der Waals surface area contributed by atoms with Gasteiger partial charge in [-0.05, 0) is 17.7 Å². The number of ether oxygens (including phenoxy) is 1. The predicted octanol–water partition coefficient (Wildman–Crippen LogP) is 2.04. The van der Waals surface area contributed by atoms with Crippen molar-refractivity contribution in [2.45, 2.75) is 6.10 Å². The van der Waals surface area contributed by atoms with Gasteiger partial charge in [-0.1, -0.05) is 12.1 Å². The van der Waals surface area contributed by atoms with Gasteiger partial charge in [0.2, 0.25) is 0 Å². The molecule has 0 aliphatic rings. The quantitative estimate of drug-likeness (QED) is 0.671. The first-order chi connectivity index (χ1) is 5.77. The molecule has 1 aromatic rings. The fraction of sp³-hybridized carbons (Fsp3) is 0.222. The molecule has 0 saturated carbocycles. The van der Waals surface area contributed by atoms with Gasteiger partial charge in [0.25, 0.3) is 0 Å². The Bertz CT molecular complexity index is 306. The van der Waals surface area contributed by atoms with E-state index >= 15 is 0 Å². The molecule has 0 radical (unpaired) electrons. The van der Waals surface area contributed by atoms with Gasteiger partial charge in [0.1, 0.15) is 5.82 Å². The van der Waals surface area contributed by atoms with E-state index in [0.29, 0.717) is 5.56 Å². The molecule has 2 nitrogen and oxygen atoms in total. The van der Waals surface area contributed by atoms with Crippen molar-refractivity contribution >= 4 is 0 Å². The van der Waals surface area contributed by atoms with E-state index in [-0.39, 0.29) is 5.82 Å². The van der Waals surface area contributed by atoms with Crippen LogP contribution in [0.25, 0.3) is 0 Å². The number of rotatable bonds is 2. The lowest BCUT2D eigenvalue weighted by molar-refractivity contribution is 0.148. The fourth-order valence-corrected chi connectivity index (χ4v) is 0.933. The maximum absolute atomic E-state index is 12.6.